The molecular weight excluding hydrogens is 524 g/mol. The van der Waals surface area contributed by atoms with Gasteiger partial charge in [-0.1, -0.05) is 0 Å². The number of halogens is 14. The first-order valence-electron chi connectivity index (χ1n) is 7.71. The van der Waals surface area contributed by atoms with Crippen molar-refractivity contribution in [3.8, 4) is 0 Å². The second-order valence-electron chi connectivity index (χ2n) is 6.47. The molecule has 0 spiro atoms. The summed E-state index contributed by atoms with van der Waals surface area (Å²) < 4.78 is 195. The zero-order chi connectivity index (χ0) is 25.0. The summed E-state index contributed by atoms with van der Waals surface area (Å²) in [5.41, 5.74) is 0. The maximum atomic E-state index is 15.5. The van der Waals surface area contributed by atoms with Gasteiger partial charge in [-0.15, -0.1) is 0 Å². The molecule has 0 radical (unpaired) electrons. The second kappa shape index (κ2) is 6.43. The summed E-state index contributed by atoms with van der Waals surface area (Å²) in [6, 6.07) is 0. The van der Waals surface area contributed by atoms with Crippen molar-refractivity contribution in [3.05, 3.63) is 58.2 Å². The summed E-state index contributed by atoms with van der Waals surface area (Å²) >= 11 is 0. The number of hydrogen-bond acceptors (Lipinski definition) is 2. The SMILES string of the molecule is CN1P(F)(F)(c2c(F)c(F)c(F)c(F)c2F)N(C)P1(F)(F)c1c(F)c(F)c(F)c(F)c1F. The number of rotatable bonds is 2. The van der Waals surface area contributed by atoms with Gasteiger partial charge in [-0.3, -0.25) is 0 Å². The van der Waals surface area contributed by atoms with Crippen LogP contribution in [0.1, 0.15) is 0 Å². The van der Waals surface area contributed by atoms with Gasteiger partial charge >= 0.3 is 168 Å². The molecule has 180 valence electrons. The van der Waals surface area contributed by atoms with Gasteiger partial charge in [0.2, 0.25) is 0 Å². The molecule has 0 aliphatic carbocycles. The predicted octanol–water partition coefficient (Wildman–Crippen LogP) is 6.21. The Kier molecular flexibility index (Phi) is 4.99. The van der Waals surface area contributed by atoms with Crippen molar-refractivity contribution < 1.29 is 60.7 Å². The first-order valence-corrected chi connectivity index (χ1v) is 11.6. The third-order valence-electron chi connectivity index (χ3n) is 5.08. The van der Waals surface area contributed by atoms with E-state index in [1.165, 1.54) is 0 Å². The van der Waals surface area contributed by atoms with Gasteiger partial charge in [0.1, 0.15) is 0 Å². The van der Waals surface area contributed by atoms with Gasteiger partial charge in [-0.25, -0.2) is 0 Å². The Hall–Kier alpha value is -1.76. The number of nitrogens with zero attached hydrogens (tertiary/aromatic N) is 2. The molecule has 2 aromatic rings. The van der Waals surface area contributed by atoms with E-state index in [9.17, 15) is 43.9 Å². The number of hydrogen-bond donors (Lipinski definition) is 0. The van der Waals surface area contributed by atoms with Crippen molar-refractivity contribution >= 4 is 25.7 Å². The van der Waals surface area contributed by atoms with Crippen LogP contribution >= 0.6 is 15.1 Å². The molecule has 18 heteroatoms. The van der Waals surface area contributed by atoms with Crippen LogP contribution in [0.4, 0.5) is 60.7 Å². The zero-order valence-corrected chi connectivity index (χ0v) is 16.9. The van der Waals surface area contributed by atoms with E-state index in [-0.39, 0.29) is 0 Å². The van der Waals surface area contributed by atoms with Crippen molar-refractivity contribution in [1.82, 2.24) is 8.88 Å². The summed E-state index contributed by atoms with van der Waals surface area (Å²) in [5.74, 6) is -30.5. The molecule has 0 aromatic heterocycles. The first kappa shape index (κ1) is 24.9. The minimum absolute atomic E-state index is 0.397. The first-order chi connectivity index (χ1) is 14.3. The minimum atomic E-state index is -8.34. The van der Waals surface area contributed by atoms with Crippen molar-refractivity contribution in [1.29, 1.82) is 0 Å². The Labute approximate surface area is 168 Å². The molecule has 2 aromatic carbocycles. The fraction of sp³-hybridized carbons (Fsp3) is 0.143. The molecule has 1 fully saturated rings. The van der Waals surface area contributed by atoms with Crippen LogP contribution < -0.4 is 10.6 Å². The van der Waals surface area contributed by atoms with E-state index in [4.69, 9.17) is 0 Å². The van der Waals surface area contributed by atoms with E-state index >= 15 is 16.8 Å². The average Bonchev–Trinajstić information content (AvgIpc) is 2.72. The molecule has 0 saturated carbocycles. The van der Waals surface area contributed by atoms with Crippen molar-refractivity contribution in [2.45, 2.75) is 0 Å². The Morgan fingerprint density at radius 3 is 0.719 bits per heavy atom. The third-order valence-corrected chi connectivity index (χ3v) is 14.9. The summed E-state index contributed by atoms with van der Waals surface area (Å²) in [5, 5.41) is -6.06. The molecular formula is C14H6F14N2P2. The topological polar surface area (TPSA) is 6.48 Å². The molecule has 0 atom stereocenters. The molecule has 0 bridgehead atoms. The average molecular weight is 530 g/mol. The summed E-state index contributed by atoms with van der Waals surface area (Å²) in [6.45, 7) is 0. The Morgan fingerprint density at radius 2 is 0.531 bits per heavy atom. The summed E-state index contributed by atoms with van der Waals surface area (Å²) in [7, 11) is -17.5. The van der Waals surface area contributed by atoms with Crippen molar-refractivity contribution in [2.75, 3.05) is 14.1 Å². The van der Waals surface area contributed by atoms with Crippen molar-refractivity contribution in [3.63, 3.8) is 0 Å². The van der Waals surface area contributed by atoms with Gasteiger partial charge in [0.15, 0.2) is 0 Å². The maximum absolute atomic E-state index is 15.5. The van der Waals surface area contributed by atoms with Gasteiger partial charge in [0.05, 0.1) is 0 Å². The Morgan fingerprint density at radius 1 is 0.375 bits per heavy atom. The molecule has 32 heavy (non-hydrogen) atoms. The second-order valence-corrected chi connectivity index (χ2v) is 13.7. The monoisotopic (exact) mass is 530 g/mol. The summed E-state index contributed by atoms with van der Waals surface area (Å²) in [4.78, 5) is 0. The van der Waals surface area contributed by atoms with Crippen LogP contribution in [0.3, 0.4) is 0 Å². The quantitative estimate of drug-likeness (QED) is 0.197. The van der Waals surface area contributed by atoms with Crippen LogP contribution in [0.25, 0.3) is 0 Å². The van der Waals surface area contributed by atoms with Gasteiger partial charge in [0, 0.05) is 0 Å². The molecule has 0 N–H and O–H groups in total. The van der Waals surface area contributed by atoms with Crippen LogP contribution in [0.15, 0.2) is 0 Å². The molecule has 2 nitrogen and oxygen atoms in total. The number of benzene rings is 2. The molecule has 1 heterocycles. The van der Waals surface area contributed by atoms with Crippen LogP contribution in [0, 0.1) is 58.2 Å². The molecule has 0 unspecified atom stereocenters. The van der Waals surface area contributed by atoms with Crippen LogP contribution in [0.2, 0.25) is 0 Å². The van der Waals surface area contributed by atoms with Crippen LogP contribution in [-0.4, -0.2) is 23.0 Å². The molecule has 0 amide bonds. The van der Waals surface area contributed by atoms with E-state index in [1.54, 1.807) is 0 Å². The zero-order valence-electron chi connectivity index (χ0n) is 15.1. The normalized spacial score (nSPS) is 24.1. The van der Waals surface area contributed by atoms with Gasteiger partial charge < -0.3 is 0 Å². The van der Waals surface area contributed by atoms with E-state index in [2.05, 4.69) is 0 Å². The molecule has 3 rings (SSSR count). The fourth-order valence-electron chi connectivity index (χ4n) is 3.28. The Balaban J connectivity index is 2.44. The van der Waals surface area contributed by atoms with E-state index in [0.717, 1.165) is 0 Å². The fourth-order valence-corrected chi connectivity index (χ4v) is 13.0. The van der Waals surface area contributed by atoms with E-state index < -0.39 is 107 Å². The predicted molar refractivity (Wildman–Crippen MR) is 85.5 cm³/mol. The molecule has 1 saturated heterocycles. The summed E-state index contributed by atoms with van der Waals surface area (Å²) in [6.07, 6.45) is 0. The van der Waals surface area contributed by atoms with Crippen molar-refractivity contribution in [2.24, 2.45) is 0 Å². The molecule has 1 aliphatic heterocycles. The van der Waals surface area contributed by atoms with Crippen LogP contribution in [-0.2, 0) is 0 Å². The van der Waals surface area contributed by atoms with Gasteiger partial charge in [0.25, 0.3) is 0 Å². The van der Waals surface area contributed by atoms with E-state index in [1.807, 2.05) is 0 Å². The standard InChI is InChI=1S/C14H6F14N2P2/c1-29-31(25,26,13-9(21)5(17)3(15)6(18)10(13)22)30(2)32(29,27,28)14-11(23)7(19)4(16)8(20)12(14)24/h1-2H3. The Bertz CT molecular complexity index is 1050. The van der Waals surface area contributed by atoms with Gasteiger partial charge in [-0.2, -0.15) is 0 Å². The molecule has 1 aliphatic rings. The van der Waals surface area contributed by atoms with Crippen LogP contribution in [0.5, 0.6) is 0 Å². The third kappa shape index (κ3) is 2.36. The van der Waals surface area contributed by atoms with Gasteiger partial charge in [-0.05, 0) is 0 Å². The van der Waals surface area contributed by atoms with E-state index in [0.29, 0.717) is 0 Å².